The predicted molar refractivity (Wildman–Crippen MR) is 32.6 cm³/mol. The molecule has 0 aromatic rings. The van der Waals surface area contributed by atoms with Gasteiger partial charge in [-0.2, -0.15) is 0 Å². The van der Waals surface area contributed by atoms with Crippen LogP contribution in [-0.4, -0.2) is 23.6 Å². The topological polar surface area (TPSA) is 55.0 Å². The van der Waals surface area contributed by atoms with Crippen LogP contribution in [0, 0.1) is 0 Å². The van der Waals surface area contributed by atoms with Gasteiger partial charge in [-0.05, 0) is 12.8 Å². The van der Waals surface area contributed by atoms with Gasteiger partial charge in [-0.25, -0.2) is 0 Å². The van der Waals surface area contributed by atoms with Crippen LogP contribution in [0.4, 0.5) is 0 Å². The second-order valence-corrected chi connectivity index (χ2v) is 2.12. The van der Waals surface area contributed by atoms with Crippen molar-refractivity contribution in [3.8, 4) is 0 Å². The second-order valence-electron chi connectivity index (χ2n) is 2.12. The maximum absolute atomic E-state index is 5.32. The molecule has 1 aliphatic rings. The van der Waals surface area contributed by atoms with Crippen molar-refractivity contribution < 1.29 is 4.58 Å². The Morgan fingerprint density at radius 3 is 1.88 bits per heavy atom. The molecule has 1 heterocycles. The van der Waals surface area contributed by atoms with E-state index in [2.05, 4.69) is 0 Å². The molecule has 3 nitrogen and oxygen atoms in total. The number of hydrogen-bond acceptors (Lipinski definition) is 0. The van der Waals surface area contributed by atoms with Crippen molar-refractivity contribution in [3.63, 3.8) is 0 Å². The molecule has 0 saturated carbocycles. The lowest BCUT2D eigenvalue weighted by Gasteiger charge is -1.94. The van der Waals surface area contributed by atoms with Crippen molar-refractivity contribution in [3.05, 3.63) is 0 Å². The van der Waals surface area contributed by atoms with Crippen molar-refractivity contribution in [1.29, 1.82) is 0 Å². The van der Waals surface area contributed by atoms with Crippen molar-refractivity contribution >= 4 is 5.96 Å². The van der Waals surface area contributed by atoms with Crippen molar-refractivity contribution in [2.24, 2.45) is 11.5 Å². The zero-order valence-corrected chi connectivity index (χ0v) is 4.93. The first kappa shape index (κ1) is 5.41. The molecular weight excluding hydrogens is 102 g/mol. The maximum atomic E-state index is 5.32. The molecule has 0 aliphatic carbocycles. The quantitative estimate of drug-likeness (QED) is 0.315. The molecule has 1 rings (SSSR count). The molecule has 0 radical (unpaired) electrons. The molecule has 4 N–H and O–H groups in total. The van der Waals surface area contributed by atoms with Crippen LogP contribution in [0.15, 0.2) is 0 Å². The van der Waals surface area contributed by atoms with E-state index in [9.17, 15) is 0 Å². The third-order valence-corrected chi connectivity index (χ3v) is 1.47. The summed E-state index contributed by atoms with van der Waals surface area (Å²) in [7, 11) is 0. The van der Waals surface area contributed by atoms with Gasteiger partial charge in [-0.3, -0.25) is 16.0 Å². The van der Waals surface area contributed by atoms with Gasteiger partial charge >= 0.3 is 5.96 Å². The molecule has 0 aromatic heterocycles. The molecule has 0 aromatic carbocycles. The van der Waals surface area contributed by atoms with E-state index >= 15 is 0 Å². The summed E-state index contributed by atoms with van der Waals surface area (Å²) in [6.07, 6.45) is 2.47. The minimum atomic E-state index is 0.475. The SMILES string of the molecule is NC(N)=[N+]1CCCC1. The van der Waals surface area contributed by atoms with Gasteiger partial charge in [0.05, 0.1) is 13.1 Å². The van der Waals surface area contributed by atoms with Gasteiger partial charge in [0.15, 0.2) is 0 Å². The number of guanidine groups is 1. The van der Waals surface area contributed by atoms with E-state index < -0.39 is 0 Å². The van der Waals surface area contributed by atoms with Crippen LogP contribution in [-0.2, 0) is 0 Å². The Hall–Kier alpha value is -0.730. The Bertz CT molecular complexity index is 105. The summed E-state index contributed by atoms with van der Waals surface area (Å²) < 4.78 is 2.00. The zero-order chi connectivity index (χ0) is 5.98. The summed E-state index contributed by atoms with van der Waals surface area (Å²) in [5.74, 6) is 0.475. The Labute approximate surface area is 49.0 Å². The Morgan fingerprint density at radius 1 is 1.12 bits per heavy atom. The highest BCUT2D eigenvalue weighted by atomic mass is 15.1. The highest BCUT2D eigenvalue weighted by molar-refractivity contribution is 5.70. The van der Waals surface area contributed by atoms with E-state index in [4.69, 9.17) is 11.5 Å². The van der Waals surface area contributed by atoms with Gasteiger partial charge in [0.1, 0.15) is 0 Å². The van der Waals surface area contributed by atoms with Gasteiger partial charge in [-0.1, -0.05) is 0 Å². The minimum absolute atomic E-state index is 0.475. The van der Waals surface area contributed by atoms with Crippen LogP contribution in [0.25, 0.3) is 0 Å². The van der Waals surface area contributed by atoms with Crippen LogP contribution in [0.5, 0.6) is 0 Å². The van der Waals surface area contributed by atoms with Crippen LogP contribution in [0.3, 0.4) is 0 Å². The lowest BCUT2D eigenvalue weighted by Crippen LogP contribution is -2.34. The first-order valence-corrected chi connectivity index (χ1v) is 2.93. The van der Waals surface area contributed by atoms with E-state index in [1.807, 2.05) is 4.58 Å². The van der Waals surface area contributed by atoms with Crippen LogP contribution < -0.4 is 11.5 Å². The normalized spacial score (nSPS) is 19.2. The van der Waals surface area contributed by atoms with Crippen molar-refractivity contribution in [2.75, 3.05) is 13.1 Å². The standard InChI is InChI=1S/C5H11N3/c6-5(7)8-3-1-2-4-8/h1-4H2,(H3,6,7)/p+1. The van der Waals surface area contributed by atoms with Gasteiger partial charge in [0.25, 0.3) is 0 Å². The molecule has 46 valence electrons. The van der Waals surface area contributed by atoms with E-state index in [-0.39, 0.29) is 0 Å². The summed E-state index contributed by atoms with van der Waals surface area (Å²) >= 11 is 0. The summed E-state index contributed by atoms with van der Waals surface area (Å²) in [6.45, 7) is 2.09. The molecule has 1 saturated heterocycles. The monoisotopic (exact) mass is 114 g/mol. The molecule has 3 heteroatoms. The lowest BCUT2D eigenvalue weighted by atomic mass is 10.4. The Morgan fingerprint density at radius 2 is 1.62 bits per heavy atom. The second kappa shape index (κ2) is 2.03. The fraction of sp³-hybridized carbons (Fsp3) is 0.800. The highest BCUT2D eigenvalue weighted by Gasteiger charge is 2.09. The first-order chi connectivity index (χ1) is 3.80. The smallest absolute Gasteiger partial charge is 0.291 e. The van der Waals surface area contributed by atoms with Gasteiger partial charge < -0.3 is 0 Å². The summed E-state index contributed by atoms with van der Waals surface area (Å²) in [6, 6.07) is 0. The van der Waals surface area contributed by atoms with Crippen LogP contribution >= 0.6 is 0 Å². The van der Waals surface area contributed by atoms with E-state index in [1.54, 1.807) is 0 Å². The fourth-order valence-corrected chi connectivity index (χ4v) is 0.975. The largest absolute Gasteiger partial charge is 0.341 e. The van der Waals surface area contributed by atoms with Crippen molar-refractivity contribution in [2.45, 2.75) is 12.8 Å². The number of nitrogens with two attached hydrogens (primary N) is 2. The average molecular weight is 114 g/mol. The highest BCUT2D eigenvalue weighted by Crippen LogP contribution is 1.99. The molecule has 1 fully saturated rings. The molecule has 0 unspecified atom stereocenters. The van der Waals surface area contributed by atoms with Crippen LogP contribution in [0.1, 0.15) is 12.8 Å². The number of rotatable bonds is 0. The number of nitrogens with zero attached hydrogens (tertiary/aromatic N) is 1. The lowest BCUT2D eigenvalue weighted by molar-refractivity contribution is -0.507. The van der Waals surface area contributed by atoms with E-state index in [0.29, 0.717) is 5.96 Å². The Kier molecular flexibility index (Phi) is 1.37. The summed E-state index contributed by atoms with van der Waals surface area (Å²) in [4.78, 5) is 0. The molecule has 1 aliphatic heterocycles. The van der Waals surface area contributed by atoms with Crippen molar-refractivity contribution in [1.82, 2.24) is 0 Å². The maximum Gasteiger partial charge on any atom is 0.341 e. The Balaban J connectivity index is 2.58. The fourth-order valence-electron chi connectivity index (χ4n) is 0.975. The molecule has 8 heavy (non-hydrogen) atoms. The predicted octanol–water partition coefficient (Wildman–Crippen LogP) is -0.934. The molecule has 0 bridgehead atoms. The first-order valence-electron chi connectivity index (χ1n) is 2.93. The van der Waals surface area contributed by atoms with Gasteiger partial charge in [0, 0.05) is 0 Å². The van der Waals surface area contributed by atoms with E-state index in [0.717, 1.165) is 13.1 Å². The van der Waals surface area contributed by atoms with Gasteiger partial charge in [0.2, 0.25) is 0 Å². The third kappa shape index (κ3) is 0.911. The summed E-state index contributed by atoms with van der Waals surface area (Å²) in [5, 5.41) is 0. The number of hydrogen-bond donors (Lipinski definition) is 2. The van der Waals surface area contributed by atoms with Crippen LogP contribution in [0.2, 0.25) is 0 Å². The molecule has 0 amide bonds. The zero-order valence-electron chi connectivity index (χ0n) is 4.93. The minimum Gasteiger partial charge on any atom is -0.291 e. The average Bonchev–Trinajstić information content (AvgIpc) is 2.12. The van der Waals surface area contributed by atoms with Gasteiger partial charge in [-0.15, -0.1) is 0 Å². The molecular formula is C5H12N3+. The molecule has 0 spiro atoms. The summed E-state index contributed by atoms with van der Waals surface area (Å²) in [5.41, 5.74) is 10.6. The third-order valence-electron chi connectivity index (χ3n) is 1.47. The molecule has 0 atom stereocenters. The van der Waals surface area contributed by atoms with E-state index in [1.165, 1.54) is 12.8 Å².